The number of benzene rings is 1. The fraction of sp³-hybridized carbons (Fsp3) is 0.647. The van der Waals surface area contributed by atoms with Crippen LogP contribution in [0.2, 0.25) is 0 Å². The predicted molar refractivity (Wildman–Crippen MR) is 76.0 cm³/mol. The first-order chi connectivity index (χ1) is 9.40. The number of ether oxygens (including phenoxy) is 2. The SMILES string of the molecule is CCCCC[C@H]1OCC[C@@H]1[C@@H]1OCc2ccccc21. The van der Waals surface area contributed by atoms with E-state index in [1.807, 2.05) is 0 Å². The second-order valence-corrected chi connectivity index (χ2v) is 5.79. The zero-order valence-electron chi connectivity index (χ0n) is 11.8. The highest BCUT2D eigenvalue weighted by Gasteiger charge is 2.38. The first kappa shape index (κ1) is 13.1. The topological polar surface area (TPSA) is 18.5 Å². The summed E-state index contributed by atoms with van der Waals surface area (Å²) in [6.45, 7) is 3.94. The summed E-state index contributed by atoms with van der Waals surface area (Å²) in [5.74, 6) is 0.556. The van der Waals surface area contributed by atoms with Crippen molar-refractivity contribution in [2.24, 2.45) is 5.92 Å². The van der Waals surface area contributed by atoms with Crippen molar-refractivity contribution in [2.45, 2.75) is 57.8 Å². The molecule has 2 aliphatic heterocycles. The Morgan fingerprint density at radius 1 is 1.16 bits per heavy atom. The van der Waals surface area contributed by atoms with Crippen molar-refractivity contribution in [1.82, 2.24) is 0 Å². The van der Waals surface area contributed by atoms with Gasteiger partial charge in [0.05, 0.1) is 18.8 Å². The van der Waals surface area contributed by atoms with Gasteiger partial charge in [-0.1, -0.05) is 50.5 Å². The fourth-order valence-corrected chi connectivity index (χ4v) is 3.47. The van der Waals surface area contributed by atoms with E-state index >= 15 is 0 Å². The van der Waals surface area contributed by atoms with Gasteiger partial charge in [-0.2, -0.15) is 0 Å². The third-order valence-corrected chi connectivity index (χ3v) is 4.52. The Labute approximate surface area is 116 Å². The van der Waals surface area contributed by atoms with E-state index in [-0.39, 0.29) is 6.10 Å². The van der Waals surface area contributed by atoms with Crippen LogP contribution in [0.5, 0.6) is 0 Å². The summed E-state index contributed by atoms with van der Waals surface area (Å²) in [4.78, 5) is 0. The van der Waals surface area contributed by atoms with Gasteiger partial charge in [0.2, 0.25) is 0 Å². The molecule has 2 aliphatic rings. The molecule has 0 unspecified atom stereocenters. The molecular weight excluding hydrogens is 236 g/mol. The molecule has 1 aromatic carbocycles. The van der Waals surface area contributed by atoms with E-state index in [9.17, 15) is 0 Å². The van der Waals surface area contributed by atoms with Crippen LogP contribution < -0.4 is 0 Å². The molecular formula is C17H24O2. The van der Waals surface area contributed by atoms with Gasteiger partial charge in [0.1, 0.15) is 0 Å². The van der Waals surface area contributed by atoms with Crippen LogP contribution >= 0.6 is 0 Å². The van der Waals surface area contributed by atoms with Crippen molar-refractivity contribution < 1.29 is 9.47 Å². The average Bonchev–Trinajstić information content (AvgIpc) is 3.04. The monoisotopic (exact) mass is 260 g/mol. The van der Waals surface area contributed by atoms with E-state index in [0.29, 0.717) is 12.0 Å². The van der Waals surface area contributed by atoms with Crippen LogP contribution in [0.4, 0.5) is 0 Å². The lowest BCUT2D eigenvalue weighted by Crippen LogP contribution is -2.22. The van der Waals surface area contributed by atoms with E-state index < -0.39 is 0 Å². The van der Waals surface area contributed by atoms with Crippen LogP contribution in [0.25, 0.3) is 0 Å². The zero-order chi connectivity index (χ0) is 13.1. The molecule has 2 nitrogen and oxygen atoms in total. The Kier molecular flexibility index (Phi) is 4.19. The number of unbranched alkanes of at least 4 members (excludes halogenated alkanes) is 2. The minimum absolute atomic E-state index is 0.269. The lowest BCUT2D eigenvalue weighted by atomic mass is 9.87. The number of hydrogen-bond acceptors (Lipinski definition) is 2. The van der Waals surface area contributed by atoms with Crippen molar-refractivity contribution in [2.75, 3.05) is 6.61 Å². The normalized spacial score (nSPS) is 29.6. The van der Waals surface area contributed by atoms with E-state index in [0.717, 1.165) is 19.6 Å². The first-order valence-corrected chi connectivity index (χ1v) is 7.71. The van der Waals surface area contributed by atoms with Gasteiger partial charge in [-0.15, -0.1) is 0 Å². The fourth-order valence-electron chi connectivity index (χ4n) is 3.47. The van der Waals surface area contributed by atoms with E-state index in [1.54, 1.807) is 0 Å². The summed E-state index contributed by atoms with van der Waals surface area (Å²) in [6.07, 6.45) is 6.89. The Morgan fingerprint density at radius 3 is 2.95 bits per heavy atom. The highest BCUT2D eigenvalue weighted by atomic mass is 16.5. The lowest BCUT2D eigenvalue weighted by Gasteiger charge is -2.24. The van der Waals surface area contributed by atoms with Crippen LogP contribution in [-0.4, -0.2) is 12.7 Å². The molecule has 0 saturated carbocycles. The maximum atomic E-state index is 6.06. The van der Waals surface area contributed by atoms with E-state index in [2.05, 4.69) is 31.2 Å². The first-order valence-electron chi connectivity index (χ1n) is 7.71. The molecule has 104 valence electrons. The smallest absolute Gasteiger partial charge is 0.0886 e. The quantitative estimate of drug-likeness (QED) is 0.737. The molecule has 0 spiro atoms. The Hall–Kier alpha value is -0.860. The average molecular weight is 260 g/mol. The number of rotatable bonds is 5. The molecule has 19 heavy (non-hydrogen) atoms. The molecule has 0 aliphatic carbocycles. The predicted octanol–water partition coefficient (Wildman–Crippen LogP) is 4.24. The second-order valence-electron chi connectivity index (χ2n) is 5.79. The van der Waals surface area contributed by atoms with Crippen LogP contribution in [0, 0.1) is 5.92 Å². The standard InChI is InChI=1S/C17H24O2/c1-2-3-4-9-16-15(10-11-18-16)17-14-8-6-5-7-13(14)12-19-17/h5-8,15-17H,2-4,9-12H2,1H3/t15-,16+,17+/m0/s1. The molecule has 2 heteroatoms. The minimum Gasteiger partial charge on any atom is -0.378 e. The van der Waals surface area contributed by atoms with Gasteiger partial charge < -0.3 is 9.47 Å². The lowest BCUT2D eigenvalue weighted by molar-refractivity contribution is -0.0137. The van der Waals surface area contributed by atoms with Crippen LogP contribution in [0.1, 0.15) is 56.3 Å². The second kappa shape index (κ2) is 6.06. The molecule has 3 rings (SSSR count). The van der Waals surface area contributed by atoms with Crippen molar-refractivity contribution in [3.63, 3.8) is 0 Å². The highest BCUT2D eigenvalue weighted by Crippen LogP contribution is 2.43. The summed E-state index contributed by atoms with van der Waals surface area (Å²) < 4.78 is 12.0. The van der Waals surface area contributed by atoms with Crippen molar-refractivity contribution in [3.05, 3.63) is 35.4 Å². The molecule has 0 radical (unpaired) electrons. The minimum atomic E-state index is 0.269. The molecule has 1 aromatic rings. The zero-order valence-corrected chi connectivity index (χ0v) is 11.8. The van der Waals surface area contributed by atoms with Crippen LogP contribution in [0.3, 0.4) is 0 Å². The number of hydrogen-bond donors (Lipinski definition) is 0. The van der Waals surface area contributed by atoms with Gasteiger partial charge in [0, 0.05) is 12.5 Å². The van der Waals surface area contributed by atoms with Gasteiger partial charge in [0.15, 0.2) is 0 Å². The molecule has 0 bridgehead atoms. The van der Waals surface area contributed by atoms with Crippen LogP contribution in [0.15, 0.2) is 24.3 Å². The highest BCUT2D eigenvalue weighted by molar-refractivity contribution is 5.32. The third kappa shape index (κ3) is 2.70. The largest absolute Gasteiger partial charge is 0.378 e. The molecule has 1 saturated heterocycles. The van der Waals surface area contributed by atoms with E-state index in [1.165, 1.54) is 36.8 Å². The Bertz CT molecular complexity index is 415. The van der Waals surface area contributed by atoms with Gasteiger partial charge >= 0.3 is 0 Å². The van der Waals surface area contributed by atoms with Gasteiger partial charge in [-0.3, -0.25) is 0 Å². The summed E-state index contributed by atoms with van der Waals surface area (Å²) in [6, 6.07) is 8.66. The Morgan fingerprint density at radius 2 is 2.05 bits per heavy atom. The maximum absolute atomic E-state index is 6.06. The molecule has 3 atom stereocenters. The Balaban J connectivity index is 1.68. The summed E-state index contributed by atoms with van der Waals surface area (Å²) >= 11 is 0. The van der Waals surface area contributed by atoms with Crippen molar-refractivity contribution in [3.8, 4) is 0 Å². The summed E-state index contributed by atoms with van der Waals surface area (Å²) in [5, 5.41) is 0. The summed E-state index contributed by atoms with van der Waals surface area (Å²) in [5.41, 5.74) is 2.77. The van der Waals surface area contributed by atoms with Gasteiger partial charge in [-0.25, -0.2) is 0 Å². The van der Waals surface area contributed by atoms with Crippen molar-refractivity contribution in [1.29, 1.82) is 0 Å². The maximum Gasteiger partial charge on any atom is 0.0886 e. The molecule has 2 heterocycles. The summed E-state index contributed by atoms with van der Waals surface area (Å²) in [7, 11) is 0. The third-order valence-electron chi connectivity index (χ3n) is 4.52. The molecule has 0 aromatic heterocycles. The van der Waals surface area contributed by atoms with Crippen molar-refractivity contribution >= 4 is 0 Å². The van der Waals surface area contributed by atoms with Gasteiger partial charge in [0.25, 0.3) is 0 Å². The number of fused-ring (bicyclic) bond motifs is 1. The van der Waals surface area contributed by atoms with Gasteiger partial charge in [-0.05, 0) is 24.0 Å². The van der Waals surface area contributed by atoms with Crippen LogP contribution in [-0.2, 0) is 16.1 Å². The molecule has 0 amide bonds. The van der Waals surface area contributed by atoms with E-state index in [4.69, 9.17) is 9.47 Å². The molecule has 1 fully saturated rings. The molecule has 0 N–H and O–H groups in total.